The highest BCUT2D eigenvalue weighted by molar-refractivity contribution is 5.92. The van der Waals surface area contributed by atoms with Gasteiger partial charge in [0.1, 0.15) is 18.0 Å². The van der Waals surface area contributed by atoms with Gasteiger partial charge in [0.05, 0.1) is 12.0 Å². The van der Waals surface area contributed by atoms with Crippen molar-refractivity contribution in [2.24, 2.45) is 0 Å². The Bertz CT molecular complexity index is 1180. The van der Waals surface area contributed by atoms with Crippen LogP contribution in [0.4, 0.5) is 36.2 Å². The number of amides is 1. The Hall–Kier alpha value is -4.08. The van der Waals surface area contributed by atoms with Gasteiger partial charge in [0.15, 0.2) is 0 Å². The van der Waals surface area contributed by atoms with Gasteiger partial charge < -0.3 is 21.3 Å². The summed E-state index contributed by atoms with van der Waals surface area (Å²) in [7, 11) is 0. The number of nitrogens with zero attached hydrogens (tertiary/aromatic N) is 2. The molecule has 0 fully saturated rings. The second-order valence-corrected chi connectivity index (χ2v) is 8.00. The first-order valence-electron chi connectivity index (χ1n) is 10.9. The summed E-state index contributed by atoms with van der Waals surface area (Å²) in [6.07, 6.45) is -3.00. The molecule has 184 valence electrons. The van der Waals surface area contributed by atoms with Crippen molar-refractivity contribution in [3.05, 3.63) is 83.8 Å². The lowest BCUT2D eigenvalue weighted by molar-refractivity contribution is -0.138. The standard InChI is InChI=1S/C25H27F3N6O/c1-16(2)29-10-11-30-22-14-23(32-15-31-22)33-19-8-5-18(6-9-19)12-24(35)34-20-7-4-17(3)21(13-20)25(26,27)28/h4-9,13-15,29H,1,10-12H2,2-3H3,(H,34,35)(H2,30,31,32,33). The van der Waals surface area contributed by atoms with E-state index in [1.54, 1.807) is 30.3 Å². The molecule has 3 aromatic rings. The Kier molecular flexibility index (Phi) is 8.30. The summed E-state index contributed by atoms with van der Waals surface area (Å²) in [5.41, 5.74) is 1.81. The van der Waals surface area contributed by atoms with Crippen LogP contribution < -0.4 is 21.3 Å². The normalized spacial score (nSPS) is 11.0. The maximum Gasteiger partial charge on any atom is 0.416 e. The highest BCUT2D eigenvalue weighted by Gasteiger charge is 2.32. The third-order valence-electron chi connectivity index (χ3n) is 4.94. The first kappa shape index (κ1) is 25.5. The second kappa shape index (κ2) is 11.4. The molecule has 0 bridgehead atoms. The van der Waals surface area contributed by atoms with Gasteiger partial charge in [-0.1, -0.05) is 24.8 Å². The van der Waals surface area contributed by atoms with Gasteiger partial charge in [-0.3, -0.25) is 4.79 Å². The molecular formula is C25H27F3N6O. The lowest BCUT2D eigenvalue weighted by atomic mass is 10.1. The summed E-state index contributed by atoms with van der Waals surface area (Å²) in [4.78, 5) is 20.7. The summed E-state index contributed by atoms with van der Waals surface area (Å²) in [6, 6.07) is 12.6. The van der Waals surface area contributed by atoms with E-state index in [1.807, 2.05) is 6.92 Å². The molecule has 7 nitrogen and oxygen atoms in total. The Balaban J connectivity index is 1.54. The van der Waals surface area contributed by atoms with Crippen molar-refractivity contribution in [2.75, 3.05) is 29.0 Å². The quantitative estimate of drug-likeness (QED) is 0.294. The van der Waals surface area contributed by atoms with Gasteiger partial charge in [-0.2, -0.15) is 13.2 Å². The van der Waals surface area contributed by atoms with E-state index in [0.717, 1.165) is 17.5 Å². The predicted octanol–water partition coefficient (Wildman–Crippen LogP) is 5.26. The van der Waals surface area contributed by atoms with Crippen LogP contribution in [0.3, 0.4) is 0 Å². The minimum Gasteiger partial charge on any atom is -0.387 e. The number of halogens is 3. The SMILES string of the molecule is C=C(C)NCCNc1cc(Nc2ccc(CC(=O)Nc3ccc(C)c(C(F)(F)F)c3)cc2)ncn1. The number of anilines is 4. The topological polar surface area (TPSA) is 91.0 Å². The summed E-state index contributed by atoms with van der Waals surface area (Å²) in [5, 5.41) is 12.0. The molecule has 4 N–H and O–H groups in total. The maximum atomic E-state index is 13.1. The van der Waals surface area contributed by atoms with E-state index in [9.17, 15) is 18.0 Å². The lowest BCUT2D eigenvalue weighted by Crippen LogP contribution is -2.20. The predicted molar refractivity (Wildman–Crippen MR) is 132 cm³/mol. The average Bonchev–Trinajstić information content (AvgIpc) is 2.79. The van der Waals surface area contributed by atoms with Crippen LogP contribution in [0.2, 0.25) is 0 Å². The number of hydrogen-bond donors (Lipinski definition) is 4. The van der Waals surface area contributed by atoms with Crippen LogP contribution in [0.1, 0.15) is 23.6 Å². The van der Waals surface area contributed by atoms with Gasteiger partial charge >= 0.3 is 6.18 Å². The Morgan fingerprint density at radius 1 is 0.971 bits per heavy atom. The number of benzene rings is 2. The molecular weight excluding hydrogens is 457 g/mol. The Labute approximate surface area is 201 Å². The zero-order valence-corrected chi connectivity index (χ0v) is 19.5. The smallest absolute Gasteiger partial charge is 0.387 e. The summed E-state index contributed by atoms with van der Waals surface area (Å²) < 4.78 is 39.3. The number of nitrogens with one attached hydrogen (secondary N) is 4. The van der Waals surface area contributed by atoms with E-state index in [1.165, 1.54) is 25.4 Å². The van der Waals surface area contributed by atoms with Crippen LogP contribution in [0.5, 0.6) is 0 Å². The molecule has 1 amide bonds. The van der Waals surface area contributed by atoms with Crippen LogP contribution in [0.15, 0.2) is 67.1 Å². The molecule has 3 rings (SSSR count). The van der Waals surface area contributed by atoms with Crippen molar-refractivity contribution in [3.8, 4) is 0 Å². The fourth-order valence-corrected chi connectivity index (χ4v) is 3.24. The van der Waals surface area contributed by atoms with E-state index < -0.39 is 17.6 Å². The molecule has 0 aliphatic rings. The van der Waals surface area contributed by atoms with Gasteiger partial charge in [0.25, 0.3) is 0 Å². The van der Waals surface area contributed by atoms with E-state index in [-0.39, 0.29) is 17.7 Å². The maximum absolute atomic E-state index is 13.1. The molecule has 2 aromatic carbocycles. The molecule has 35 heavy (non-hydrogen) atoms. The number of aryl methyl sites for hydroxylation is 1. The molecule has 0 aliphatic carbocycles. The fourth-order valence-electron chi connectivity index (χ4n) is 3.24. The van der Waals surface area contributed by atoms with E-state index >= 15 is 0 Å². The van der Waals surface area contributed by atoms with Crippen molar-refractivity contribution < 1.29 is 18.0 Å². The van der Waals surface area contributed by atoms with E-state index in [4.69, 9.17) is 0 Å². The fraction of sp³-hybridized carbons (Fsp3) is 0.240. The van der Waals surface area contributed by atoms with Gasteiger partial charge in [0.2, 0.25) is 5.91 Å². The van der Waals surface area contributed by atoms with Crippen molar-refractivity contribution in [2.45, 2.75) is 26.4 Å². The Morgan fingerprint density at radius 2 is 1.66 bits per heavy atom. The van der Waals surface area contributed by atoms with Crippen molar-refractivity contribution in [1.82, 2.24) is 15.3 Å². The summed E-state index contributed by atoms with van der Waals surface area (Å²) in [5.74, 6) is 0.861. The largest absolute Gasteiger partial charge is 0.416 e. The molecule has 0 aliphatic heterocycles. The minimum absolute atomic E-state index is 0.0231. The minimum atomic E-state index is -4.48. The second-order valence-electron chi connectivity index (χ2n) is 8.00. The van der Waals surface area contributed by atoms with Crippen LogP contribution in [0, 0.1) is 6.92 Å². The van der Waals surface area contributed by atoms with Gasteiger partial charge in [-0.05, 0) is 49.2 Å². The van der Waals surface area contributed by atoms with Crippen molar-refractivity contribution in [1.29, 1.82) is 0 Å². The number of carbonyl (C=O) groups is 1. The first-order chi connectivity index (χ1) is 16.6. The van der Waals surface area contributed by atoms with E-state index in [2.05, 4.69) is 37.8 Å². The van der Waals surface area contributed by atoms with Crippen LogP contribution in [-0.4, -0.2) is 29.0 Å². The molecule has 0 spiro atoms. The van der Waals surface area contributed by atoms with Crippen molar-refractivity contribution >= 4 is 28.9 Å². The number of carbonyl (C=O) groups excluding carboxylic acids is 1. The summed E-state index contributed by atoms with van der Waals surface area (Å²) in [6.45, 7) is 8.43. The molecule has 0 unspecified atom stereocenters. The highest BCUT2D eigenvalue weighted by atomic mass is 19.4. The number of aromatic nitrogens is 2. The molecule has 0 saturated heterocycles. The summed E-state index contributed by atoms with van der Waals surface area (Å²) >= 11 is 0. The zero-order chi connectivity index (χ0) is 25.4. The third kappa shape index (κ3) is 8.02. The Morgan fingerprint density at radius 3 is 2.34 bits per heavy atom. The van der Waals surface area contributed by atoms with Crippen molar-refractivity contribution in [3.63, 3.8) is 0 Å². The molecule has 0 saturated carbocycles. The number of allylic oxidation sites excluding steroid dienone is 1. The number of rotatable bonds is 10. The van der Waals surface area contributed by atoms with Crippen LogP contribution in [-0.2, 0) is 17.4 Å². The molecule has 0 atom stereocenters. The van der Waals surface area contributed by atoms with Crippen LogP contribution >= 0.6 is 0 Å². The zero-order valence-electron chi connectivity index (χ0n) is 19.5. The highest BCUT2D eigenvalue weighted by Crippen LogP contribution is 2.33. The molecule has 1 heterocycles. The molecule has 1 aromatic heterocycles. The van der Waals surface area contributed by atoms with Crippen LogP contribution in [0.25, 0.3) is 0 Å². The third-order valence-corrected chi connectivity index (χ3v) is 4.94. The first-order valence-corrected chi connectivity index (χ1v) is 10.9. The molecule has 10 heteroatoms. The van der Waals surface area contributed by atoms with E-state index in [0.29, 0.717) is 30.3 Å². The average molecular weight is 485 g/mol. The monoisotopic (exact) mass is 484 g/mol. The number of hydrogen-bond acceptors (Lipinski definition) is 6. The van der Waals surface area contributed by atoms with Gasteiger partial charge in [-0.25, -0.2) is 9.97 Å². The van der Waals surface area contributed by atoms with Gasteiger partial charge in [-0.15, -0.1) is 0 Å². The number of alkyl halides is 3. The van der Waals surface area contributed by atoms with Gasteiger partial charge in [0, 0.05) is 36.2 Å². The lowest BCUT2D eigenvalue weighted by Gasteiger charge is -2.13. The molecule has 0 radical (unpaired) electrons.